The molecule has 16 heteroatoms. The Labute approximate surface area is 196 Å². The summed E-state index contributed by atoms with van der Waals surface area (Å²) >= 11 is 0. The fourth-order valence-corrected chi connectivity index (χ4v) is 3.06. The number of primary amides is 1. The van der Waals surface area contributed by atoms with E-state index in [0.717, 1.165) is 0 Å². The lowest BCUT2D eigenvalue weighted by Gasteiger charge is -2.09. The molecule has 0 atom stereocenters. The number of anilines is 4. The highest BCUT2D eigenvalue weighted by Crippen LogP contribution is 2.19. The third-order valence-corrected chi connectivity index (χ3v) is 5.30. The first-order valence-corrected chi connectivity index (χ1v) is 10.8. The number of rotatable bonds is 7. The number of nitrogens with one attached hydrogen (secondary N) is 3. The Balaban J connectivity index is 0.000000540. The van der Waals surface area contributed by atoms with Crippen LogP contribution in [0.5, 0.6) is 0 Å². The minimum atomic E-state index is -5.08. The maximum Gasteiger partial charge on any atom is 0.490 e. The summed E-state index contributed by atoms with van der Waals surface area (Å²) in [6.45, 7) is 0. The zero-order valence-corrected chi connectivity index (χ0v) is 18.6. The van der Waals surface area contributed by atoms with Crippen molar-refractivity contribution in [3.8, 4) is 0 Å². The largest absolute Gasteiger partial charge is 0.490 e. The number of alkyl halides is 3. The van der Waals surface area contributed by atoms with Crippen LogP contribution < -0.4 is 21.1 Å². The summed E-state index contributed by atoms with van der Waals surface area (Å²) in [5.41, 5.74) is 6.69. The van der Waals surface area contributed by atoms with Crippen LogP contribution >= 0.6 is 0 Å². The van der Waals surface area contributed by atoms with Crippen LogP contribution in [0.2, 0.25) is 0 Å². The van der Waals surface area contributed by atoms with E-state index in [0.29, 0.717) is 16.9 Å². The van der Waals surface area contributed by atoms with Gasteiger partial charge in [-0.05, 0) is 43.4 Å². The van der Waals surface area contributed by atoms with E-state index in [2.05, 4.69) is 30.3 Å². The van der Waals surface area contributed by atoms with E-state index in [4.69, 9.17) is 15.6 Å². The van der Waals surface area contributed by atoms with Crippen LogP contribution in [-0.4, -0.2) is 53.6 Å². The van der Waals surface area contributed by atoms with Gasteiger partial charge in [0.2, 0.25) is 27.8 Å². The van der Waals surface area contributed by atoms with Gasteiger partial charge in [-0.1, -0.05) is 12.1 Å². The first-order chi connectivity index (χ1) is 16.3. The van der Waals surface area contributed by atoms with Gasteiger partial charge >= 0.3 is 12.1 Å². The molecule has 6 N–H and O–H groups in total. The average Bonchev–Trinajstić information content (AvgIpc) is 2.79. The number of amides is 1. The van der Waals surface area contributed by atoms with Crippen LogP contribution in [0, 0.1) is 0 Å². The number of aliphatic carboxylic acids is 1. The fraction of sp³-hybridized carbons (Fsp3) is 0.105. The number of sulfonamides is 1. The number of carboxylic acid groups (broad SMARTS) is 1. The number of nitrogens with two attached hydrogens (primary N) is 1. The molecule has 35 heavy (non-hydrogen) atoms. The van der Waals surface area contributed by atoms with Crippen LogP contribution in [0.15, 0.2) is 59.8 Å². The van der Waals surface area contributed by atoms with Gasteiger partial charge in [-0.3, -0.25) is 4.79 Å². The Bertz CT molecular complexity index is 1320. The number of carboxylic acids is 1. The maximum absolute atomic E-state index is 11.9. The van der Waals surface area contributed by atoms with Crippen LogP contribution in [0.3, 0.4) is 0 Å². The standard InChI is InChI=1S/C17H17N7O3S.C2HF3O2/c1-19-28(26,27)14-7-3-6-13(9-14)23-17-21-10-20-16(24-17)22-12-5-2-4-11(8-12)15(18)25;3-2(4,5)1(6)7/h2-10,19H,1H3,(H2,18,25)(H2,20,21,22,23,24);(H,6,7). The van der Waals surface area contributed by atoms with Crippen LogP contribution in [0.25, 0.3) is 0 Å². The van der Waals surface area contributed by atoms with Crippen LogP contribution in [0.1, 0.15) is 10.4 Å². The predicted molar refractivity (Wildman–Crippen MR) is 118 cm³/mol. The summed E-state index contributed by atoms with van der Waals surface area (Å²) in [7, 11) is -2.23. The molecular weight excluding hydrogens is 495 g/mol. The molecule has 1 amide bonds. The summed E-state index contributed by atoms with van der Waals surface area (Å²) in [6, 6.07) is 12.8. The average molecular weight is 513 g/mol. The molecule has 0 fully saturated rings. The Kier molecular flexibility index (Phi) is 8.63. The lowest BCUT2D eigenvalue weighted by Crippen LogP contribution is -2.21. The molecule has 3 rings (SSSR count). The van der Waals surface area contributed by atoms with E-state index < -0.39 is 28.1 Å². The van der Waals surface area contributed by atoms with E-state index in [-0.39, 0.29) is 16.8 Å². The van der Waals surface area contributed by atoms with Gasteiger partial charge in [0, 0.05) is 16.9 Å². The van der Waals surface area contributed by atoms with Crippen molar-refractivity contribution in [2.75, 3.05) is 17.7 Å². The molecule has 0 radical (unpaired) electrons. The van der Waals surface area contributed by atoms with Crippen molar-refractivity contribution in [2.45, 2.75) is 11.1 Å². The van der Waals surface area contributed by atoms with Gasteiger partial charge in [0.1, 0.15) is 6.33 Å². The minimum Gasteiger partial charge on any atom is -0.475 e. The molecule has 12 nitrogen and oxygen atoms in total. The first-order valence-electron chi connectivity index (χ1n) is 9.28. The molecule has 0 spiro atoms. The molecule has 0 unspecified atom stereocenters. The third-order valence-electron chi connectivity index (χ3n) is 3.89. The molecule has 186 valence electrons. The summed E-state index contributed by atoms with van der Waals surface area (Å²) < 4.78 is 57.8. The summed E-state index contributed by atoms with van der Waals surface area (Å²) in [4.78, 5) is 32.6. The third kappa shape index (κ3) is 8.20. The van der Waals surface area contributed by atoms with E-state index in [1.54, 1.807) is 36.4 Å². The second-order valence-electron chi connectivity index (χ2n) is 6.37. The number of hydrogen-bond donors (Lipinski definition) is 5. The molecule has 0 aliphatic carbocycles. The monoisotopic (exact) mass is 513 g/mol. The smallest absolute Gasteiger partial charge is 0.475 e. The zero-order valence-electron chi connectivity index (χ0n) is 17.7. The van der Waals surface area contributed by atoms with Gasteiger partial charge in [0.15, 0.2) is 0 Å². The summed E-state index contributed by atoms with van der Waals surface area (Å²) in [5.74, 6) is -2.86. The number of aromatic nitrogens is 3. The Hall–Kier alpha value is -4.31. The highest BCUT2D eigenvalue weighted by molar-refractivity contribution is 7.89. The highest BCUT2D eigenvalue weighted by atomic mass is 32.2. The number of carbonyl (C=O) groups is 2. The van der Waals surface area contributed by atoms with E-state index in [9.17, 15) is 26.4 Å². The normalized spacial score (nSPS) is 11.1. The quantitative estimate of drug-likeness (QED) is 0.312. The van der Waals surface area contributed by atoms with Crippen LogP contribution in [0.4, 0.5) is 36.4 Å². The number of nitrogens with zero attached hydrogens (tertiary/aromatic N) is 3. The molecule has 0 saturated carbocycles. The first kappa shape index (κ1) is 26.9. The van der Waals surface area contributed by atoms with Crippen molar-refractivity contribution in [3.05, 3.63) is 60.4 Å². The lowest BCUT2D eigenvalue weighted by molar-refractivity contribution is -0.192. The molecule has 0 bridgehead atoms. The zero-order chi connectivity index (χ0) is 26.2. The van der Waals surface area contributed by atoms with Crippen molar-refractivity contribution in [3.63, 3.8) is 0 Å². The molecule has 0 saturated heterocycles. The highest BCUT2D eigenvalue weighted by Gasteiger charge is 2.38. The van der Waals surface area contributed by atoms with Crippen molar-refractivity contribution < 1.29 is 36.3 Å². The van der Waals surface area contributed by atoms with E-state index in [1.165, 1.54) is 25.5 Å². The molecule has 2 aromatic carbocycles. The second-order valence-corrected chi connectivity index (χ2v) is 8.25. The van der Waals surface area contributed by atoms with Gasteiger partial charge < -0.3 is 21.5 Å². The number of hydrogen-bond acceptors (Lipinski definition) is 9. The number of carbonyl (C=O) groups excluding carboxylic acids is 1. The molecule has 0 aliphatic rings. The second kappa shape index (κ2) is 11.2. The SMILES string of the molecule is CNS(=O)(=O)c1cccc(Nc2ncnc(Nc3cccc(C(N)=O)c3)n2)c1.O=C(O)C(F)(F)F. The van der Waals surface area contributed by atoms with Gasteiger partial charge in [-0.15, -0.1) is 0 Å². The van der Waals surface area contributed by atoms with E-state index >= 15 is 0 Å². The van der Waals surface area contributed by atoms with Crippen molar-refractivity contribution in [1.29, 1.82) is 0 Å². The van der Waals surface area contributed by atoms with Gasteiger partial charge in [0.05, 0.1) is 4.90 Å². The predicted octanol–water partition coefficient (Wildman–Crippen LogP) is 2.00. The summed E-state index contributed by atoms with van der Waals surface area (Å²) in [6.07, 6.45) is -3.79. The van der Waals surface area contributed by atoms with Crippen molar-refractivity contribution in [2.24, 2.45) is 5.73 Å². The number of halogens is 3. The van der Waals surface area contributed by atoms with Gasteiger partial charge in [0.25, 0.3) is 0 Å². The summed E-state index contributed by atoms with van der Waals surface area (Å²) in [5, 5.41) is 13.0. The Morgan fingerprint density at radius 1 is 0.971 bits per heavy atom. The van der Waals surface area contributed by atoms with Crippen LogP contribution in [-0.2, 0) is 14.8 Å². The topological polar surface area (TPSA) is 189 Å². The molecule has 3 aromatic rings. The van der Waals surface area contributed by atoms with Gasteiger partial charge in [-0.2, -0.15) is 18.2 Å². The van der Waals surface area contributed by atoms with E-state index in [1.807, 2.05) is 0 Å². The molecule has 0 aliphatic heterocycles. The van der Waals surface area contributed by atoms with Crippen molar-refractivity contribution in [1.82, 2.24) is 19.7 Å². The van der Waals surface area contributed by atoms with Crippen molar-refractivity contribution >= 4 is 45.2 Å². The molecule has 1 heterocycles. The van der Waals surface area contributed by atoms with Gasteiger partial charge in [-0.25, -0.2) is 27.9 Å². The lowest BCUT2D eigenvalue weighted by atomic mass is 10.2. The number of benzene rings is 2. The molecular formula is C19H18F3N7O5S. The Morgan fingerprint density at radius 2 is 1.49 bits per heavy atom. The molecule has 1 aromatic heterocycles. The Morgan fingerprint density at radius 3 is 1.97 bits per heavy atom. The maximum atomic E-state index is 11.9. The fourth-order valence-electron chi connectivity index (χ4n) is 2.28. The minimum absolute atomic E-state index is 0.107.